The number of esters is 1. The molecule has 0 N–H and O–H groups in total. The number of hydrogen-bond acceptors (Lipinski definition) is 5. The molecule has 4 atom stereocenters. The first-order valence-electron chi connectivity index (χ1n) is 8.65. The molecule has 2 heterocycles. The van der Waals surface area contributed by atoms with Gasteiger partial charge in [0.05, 0.1) is 12.6 Å². The van der Waals surface area contributed by atoms with E-state index in [0.717, 1.165) is 38.5 Å². The summed E-state index contributed by atoms with van der Waals surface area (Å²) in [6.45, 7) is 2.10. The molecule has 2 aliphatic heterocycles. The maximum Gasteiger partial charge on any atom is 0.303 e. The van der Waals surface area contributed by atoms with Crippen LogP contribution >= 0.6 is 0 Å². The highest BCUT2D eigenvalue weighted by Gasteiger charge is 2.58. The SMILES string of the molecule is COCOC[C@H]1CCC[C@@]23CCC[C@@H]2C[C@H](OC(C)=O)C(=O)N13. The Hall–Kier alpha value is -1.14. The van der Waals surface area contributed by atoms with Gasteiger partial charge in [-0.2, -0.15) is 0 Å². The zero-order chi connectivity index (χ0) is 16.4. The molecule has 130 valence electrons. The summed E-state index contributed by atoms with van der Waals surface area (Å²) in [5.41, 5.74) is -0.0346. The molecule has 6 nitrogen and oxygen atoms in total. The van der Waals surface area contributed by atoms with E-state index in [9.17, 15) is 9.59 Å². The molecule has 3 fully saturated rings. The second kappa shape index (κ2) is 6.77. The molecule has 0 radical (unpaired) electrons. The molecule has 0 aromatic heterocycles. The lowest BCUT2D eigenvalue weighted by atomic mass is 9.71. The van der Waals surface area contributed by atoms with Gasteiger partial charge in [0, 0.05) is 19.6 Å². The lowest BCUT2D eigenvalue weighted by Gasteiger charge is -2.56. The molecular formula is C17H27NO5. The van der Waals surface area contributed by atoms with Crippen LogP contribution in [0.4, 0.5) is 0 Å². The summed E-state index contributed by atoms with van der Waals surface area (Å²) in [6, 6.07) is 0.0605. The van der Waals surface area contributed by atoms with Crippen molar-refractivity contribution in [2.24, 2.45) is 5.92 Å². The minimum atomic E-state index is -0.619. The second-order valence-electron chi connectivity index (χ2n) is 7.06. The normalized spacial score (nSPS) is 36.5. The standard InChI is InChI=1S/C17H27NO5/c1-12(19)23-15-9-13-5-3-7-17(13)8-4-6-14(10-22-11-21-2)18(17)16(15)20/h13-15H,3-11H2,1-2H3/t13-,14-,15+,17+/m1/s1. The topological polar surface area (TPSA) is 65.1 Å². The predicted octanol–water partition coefficient (Wildman–Crippen LogP) is 1.86. The number of ether oxygens (including phenoxy) is 3. The average molecular weight is 325 g/mol. The minimum absolute atomic E-state index is 0.0240. The number of amides is 1. The van der Waals surface area contributed by atoms with Crippen LogP contribution in [0.1, 0.15) is 51.9 Å². The largest absolute Gasteiger partial charge is 0.452 e. The van der Waals surface area contributed by atoms with Crippen LogP contribution in [0.2, 0.25) is 0 Å². The van der Waals surface area contributed by atoms with Crippen molar-refractivity contribution in [3.8, 4) is 0 Å². The molecule has 3 rings (SSSR count). The number of rotatable bonds is 5. The predicted molar refractivity (Wildman–Crippen MR) is 82.6 cm³/mol. The van der Waals surface area contributed by atoms with Crippen LogP contribution in [0.5, 0.6) is 0 Å². The zero-order valence-electron chi connectivity index (χ0n) is 14.1. The summed E-state index contributed by atoms with van der Waals surface area (Å²) in [4.78, 5) is 26.4. The molecule has 0 aromatic carbocycles. The molecule has 0 aromatic rings. The molecule has 1 spiro atoms. The number of piperidine rings is 2. The Morgan fingerprint density at radius 1 is 1.30 bits per heavy atom. The van der Waals surface area contributed by atoms with E-state index in [4.69, 9.17) is 14.2 Å². The molecule has 1 aliphatic carbocycles. The van der Waals surface area contributed by atoms with E-state index in [0.29, 0.717) is 18.9 Å². The van der Waals surface area contributed by atoms with E-state index in [2.05, 4.69) is 0 Å². The van der Waals surface area contributed by atoms with Gasteiger partial charge in [0.15, 0.2) is 6.10 Å². The van der Waals surface area contributed by atoms with Crippen LogP contribution in [0.15, 0.2) is 0 Å². The summed E-state index contributed by atoms with van der Waals surface area (Å²) in [7, 11) is 1.60. The third-order valence-corrected chi connectivity index (χ3v) is 5.75. The van der Waals surface area contributed by atoms with Crippen LogP contribution in [0, 0.1) is 5.92 Å². The van der Waals surface area contributed by atoms with Crippen molar-refractivity contribution >= 4 is 11.9 Å². The Balaban J connectivity index is 1.83. The summed E-state index contributed by atoms with van der Waals surface area (Å²) in [5.74, 6) is 0.0388. The van der Waals surface area contributed by atoms with Crippen LogP contribution in [-0.4, -0.2) is 55.0 Å². The highest BCUT2D eigenvalue weighted by Crippen LogP contribution is 2.52. The molecule has 23 heavy (non-hydrogen) atoms. The maximum atomic E-state index is 13.0. The van der Waals surface area contributed by atoms with Gasteiger partial charge in [-0.1, -0.05) is 6.42 Å². The van der Waals surface area contributed by atoms with E-state index in [1.54, 1.807) is 7.11 Å². The van der Waals surface area contributed by atoms with Gasteiger partial charge in [-0.25, -0.2) is 0 Å². The zero-order valence-corrected chi connectivity index (χ0v) is 14.1. The third kappa shape index (κ3) is 2.98. The Bertz CT molecular complexity index is 468. The van der Waals surface area contributed by atoms with Gasteiger partial charge in [-0.05, 0) is 44.4 Å². The summed E-state index contributed by atoms with van der Waals surface area (Å²) in [5, 5.41) is 0. The van der Waals surface area contributed by atoms with E-state index in [-0.39, 0.29) is 30.3 Å². The van der Waals surface area contributed by atoms with Crippen LogP contribution < -0.4 is 0 Å². The second-order valence-corrected chi connectivity index (χ2v) is 7.06. The van der Waals surface area contributed by atoms with E-state index in [1.807, 2.05) is 4.90 Å². The Morgan fingerprint density at radius 3 is 2.74 bits per heavy atom. The molecule has 6 heteroatoms. The number of carbonyl (C=O) groups excluding carboxylic acids is 2. The molecule has 1 amide bonds. The fraction of sp³-hybridized carbons (Fsp3) is 0.882. The Labute approximate surface area is 137 Å². The summed E-state index contributed by atoms with van der Waals surface area (Å²) < 4.78 is 15.9. The van der Waals surface area contributed by atoms with E-state index < -0.39 is 6.10 Å². The first-order valence-corrected chi connectivity index (χ1v) is 8.65. The number of nitrogens with zero attached hydrogens (tertiary/aromatic N) is 1. The van der Waals surface area contributed by atoms with Crippen molar-refractivity contribution in [1.29, 1.82) is 0 Å². The van der Waals surface area contributed by atoms with Crippen LogP contribution in [0.3, 0.4) is 0 Å². The molecular weight excluding hydrogens is 298 g/mol. The molecule has 0 bridgehead atoms. The fourth-order valence-electron chi connectivity index (χ4n) is 5.01. The Morgan fingerprint density at radius 2 is 2.04 bits per heavy atom. The van der Waals surface area contributed by atoms with Gasteiger partial charge in [0.2, 0.25) is 0 Å². The van der Waals surface area contributed by atoms with Gasteiger partial charge in [0.25, 0.3) is 5.91 Å². The van der Waals surface area contributed by atoms with Crippen molar-refractivity contribution in [3.63, 3.8) is 0 Å². The van der Waals surface area contributed by atoms with Crippen molar-refractivity contribution in [1.82, 2.24) is 4.90 Å². The average Bonchev–Trinajstić information content (AvgIpc) is 2.90. The molecule has 0 unspecified atom stereocenters. The third-order valence-electron chi connectivity index (χ3n) is 5.75. The lowest BCUT2D eigenvalue weighted by molar-refractivity contribution is -0.183. The summed E-state index contributed by atoms with van der Waals surface area (Å²) >= 11 is 0. The molecule has 3 aliphatic rings. The number of carbonyl (C=O) groups is 2. The van der Waals surface area contributed by atoms with Gasteiger partial charge < -0.3 is 19.1 Å². The lowest BCUT2D eigenvalue weighted by Crippen LogP contribution is -2.67. The van der Waals surface area contributed by atoms with E-state index in [1.165, 1.54) is 6.92 Å². The number of hydrogen-bond donors (Lipinski definition) is 0. The highest BCUT2D eigenvalue weighted by molar-refractivity contribution is 5.85. The molecule has 2 saturated heterocycles. The first-order chi connectivity index (χ1) is 11.1. The Kier molecular flexibility index (Phi) is 4.92. The van der Waals surface area contributed by atoms with Crippen molar-refractivity contribution in [3.05, 3.63) is 0 Å². The minimum Gasteiger partial charge on any atom is -0.452 e. The van der Waals surface area contributed by atoms with Gasteiger partial charge in [-0.15, -0.1) is 0 Å². The first kappa shape index (κ1) is 16.7. The maximum absolute atomic E-state index is 13.0. The monoisotopic (exact) mass is 325 g/mol. The van der Waals surface area contributed by atoms with Gasteiger partial charge in [-0.3, -0.25) is 9.59 Å². The fourth-order valence-corrected chi connectivity index (χ4v) is 5.01. The van der Waals surface area contributed by atoms with Crippen molar-refractivity contribution < 1.29 is 23.8 Å². The summed E-state index contributed by atoms with van der Waals surface area (Å²) in [6.07, 6.45) is 6.52. The van der Waals surface area contributed by atoms with Crippen molar-refractivity contribution in [2.45, 2.75) is 69.6 Å². The molecule has 1 saturated carbocycles. The van der Waals surface area contributed by atoms with Crippen LogP contribution in [0.25, 0.3) is 0 Å². The van der Waals surface area contributed by atoms with Crippen LogP contribution in [-0.2, 0) is 23.8 Å². The van der Waals surface area contributed by atoms with E-state index >= 15 is 0 Å². The number of methoxy groups -OCH3 is 1. The van der Waals surface area contributed by atoms with Gasteiger partial charge in [0.1, 0.15) is 6.79 Å². The highest BCUT2D eigenvalue weighted by atomic mass is 16.7. The van der Waals surface area contributed by atoms with Crippen molar-refractivity contribution in [2.75, 3.05) is 20.5 Å². The quantitative estimate of drug-likeness (QED) is 0.438. The smallest absolute Gasteiger partial charge is 0.303 e. The van der Waals surface area contributed by atoms with Gasteiger partial charge >= 0.3 is 5.97 Å².